The Morgan fingerprint density at radius 3 is 2.00 bits per heavy atom. The number of carbonyl (C=O) groups is 1. The van der Waals surface area contributed by atoms with Crippen LogP contribution in [-0.2, 0) is 19.9 Å². The molecule has 3 rings (SSSR count). The molecule has 0 saturated carbocycles. The SMILES string of the molecule is COC1=C(c2ccccc2)[C@@](CO)(OC)[C@@](O)(c2ccccc2)C1=O. The van der Waals surface area contributed by atoms with Crippen LogP contribution in [0.4, 0.5) is 0 Å². The van der Waals surface area contributed by atoms with Crippen LogP contribution in [0.2, 0.25) is 0 Å². The van der Waals surface area contributed by atoms with E-state index in [4.69, 9.17) is 9.47 Å². The molecule has 0 amide bonds. The van der Waals surface area contributed by atoms with Crippen LogP contribution in [0.25, 0.3) is 5.57 Å². The molecule has 0 unspecified atom stereocenters. The van der Waals surface area contributed by atoms with Crippen LogP contribution in [0.5, 0.6) is 0 Å². The molecule has 130 valence electrons. The minimum Gasteiger partial charge on any atom is -0.492 e. The summed E-state index contributed by atoms with van der Waals surface area (Å²) in [6.45, 7) is -0.599. The third-order valence-corrected chi connectivity index (χ3v) is 4.78. The number of aliphatic hydroxyl groups is 2. The number of ether oxygens (including phenoxy) is 2. The molecule has 0 saturated heterocycles. The lowest BCUT2D eigenvalue weighted by molar-refractivity contribution is -0.171. The van der Waals surface area contributed by atoms with Gasteiger partial charge in [-0.2, -0.15) is 0 Å². The van der Waals surface area contributed by atoms with Gasteiger partial charge in [0.25, 0.3) is 0 Å². The predicted molar refractivity (Wildman–Crippen MR) is 92.5 cm³/mol. The van der Waals surface area contributed by atoms with Gasteiger partial charge in [-0.3, -0.25) is 4.79 Å². The van der Waals surface area contributed by atoms with Gasteiger partial charge in [-0.15, -0.1) is 0 Å². The van der Waals surface area contributed by atoms with Gasteiger partial charge in [0.2, 0.25) is 5.78 Å². The Morgan fingerprint density at radius 2 is 1.52 bits per heavy atom. The number of ketones is 1. The maximum Gasteiger partial charge on any atom is 0.237 e. The quantitative estimate of drug-likeness (QED) is 0.869. The van der Waals surface area contributed by atoms with Gasteiger partial charge in [0, 0.05) is 12.7 Å². The van der Waals surface area contributed by atoms with Gasteiger partial charge < -0.3 is 19.7 Å². The molecule has 0 bridgehead atoms. The molecule has 0 heterocycles. The molecule has 5 nitrogen and oxygen atoms in total. The molecule has 0 aliphatic heterocycles. The van der Waals surface area contributed by atoms with Gasteiger partial charge in [0.15, 0.2) is 17.0 Å². The van der Waals surface area contributed by atoms with Crippen LogP contribution in [0.3, 0.4) is 0 Å². The van der Waals surface area contributed by atoms with E-state index in [9.17, 15) is 15.0 Å². The van der Waals surface area contributed by atoms with Gasteiger partial charge in [-0.25, -0.2) is 0 Å². The van der Waals surface area contributed by atoms with Crippen LogP contribution in [0.15, 0.2) is 66.4 Å². The fourth-order valence-electron chi connectivity index (χ4n) is 3.54. The van der Waals surface area contributed by atoms with Crippen LogP contribution in [-0.4, -0.2) is 42.4 Å². The average Bonchev–Trinajstić information content (AvgIpc) is 2.88. The Morgan fingerprint density at radius 1 is 0.960 bits per heavy atom. The van der Waals surface area contributed by atoms with Crippen LogP contribution < -0.4 is 0 Å². The van der Waals surface area contributed by atoms with Gasteiger partial charge in [-0.05, 0) is 11.1 Å². The Hall–Kier alpha value is -2.47. The molecule has 5 heteroatoms. The normalized spacial score (nSPS) is 26.2. The summed E-state index contributed by atoms with van der Waals surface area (Å²) in [4.78, 5) is 13.2. The largest absolute Gasteiger partial charge is 0.492 e. The number of hydrogen-bond donors (Lipinski definition) is 2. The number of methoxy groups -OCH3 is 2. The summed E-state index contributed by atoms with van der Waals surface area (Å²) in [5, 5.41) is 21.8. The fraction of sp³-hybridized carbons (Fsp3) is 0.250. The number of Topliss-reactive ketones (excluding diaryl/α,β-unsaturated/α-hetero) is 1. The minimum absolute atomic E-state index is 0.0200. The van der Waals surface area contributed by atoms with Gasteiger partial charge >= 0.3 is 0 Å². The van der Waals surface area contributed by atoms with E-state index < -0.39 is 23.6 Å². The lowest BCUT2D eigenvalue weighted by Gasteiger charge is -2.40. The van der Waals surface area contributed by atoms with E-state index in [1.807, 2.05) is 6.07 Å². The highest BCUT2D eigenvalue weighted by Crippen LogP contribution is 2.53. The van der Waals surface area contributed by atoms with Crippen molar-refractivity contribution in [2.45, 2.75) is 11.2 Å². The second kappa shape index (κ2) is 6.44. The zero-order valence-corrected chi connectivity index (χ0v) is 14.1. The summed E-state index contributed by atoms with van der Waals surface area (Å²) >= 11 is 0. The van der Waals surface area contributed by atoms with E-state index >= 15 is 0 Å². The summed E-state index contributed by atoms with van der Waals surface area (Å²) in [5.41, 5.74) is -2.49. The molecule has 1 aliphatic carbocycles. The van der Waals surface area contributed by atoms with Crippen LogP contribution >= 0.6 is 0 Å². The summed E-state index contributed by atoms with van der Waals surface area (Å²) < 4.78 is 11.0. The first kappa shape index (κ1) is 17.4. The summed E-state index contributed by atoms with van der Waals surface area (Å²) in [7, 11) is 2.73. The first-order valence-corrected chi connectivity index (χ1v) is 7.89. The van der Waals surface area contributed by atoms with E-state index in [1.54, 1.807) is 54.6 Å². The highest BCUT2D eigenvalue weighted by atomic mass is 16.5. The predicted octanol–water partition coefficient (Wildman–Crippen LogP) is 1.89. The van der Waals surface area contributed by atoms with Gasteiger partial charge in [0.1, 0.15) is 0 Å². The molecule has 0 radical (unpaired) electrons. The fourth-order valence-corrected chi connectivity index (χ4v) is 3.54. The van der Waals surface area contributed by atoms with E-state index in [0.717, 1.165) is 0 Å². The molecule has 0 aromatic heterocycles. The van der Waals surface area contributed by atoms with Gasteiger partial charge in [-0.1, -0.05) is 60.7 Å². The molecular formula is C20H20O5. The molecule has 2 aromatic carbocycles. The van der Waals surface area contributed by atoms with E-state index in [2.05, 4.69) is 0 Å². The third kappa shape index (κ3) is 2.24. The van der Waals surface area contributed by atoms with Crippen molar-refractivity contribution in [1.82, 2.24) is 0 Å². The van der Waals surface area contributed by atoms with Crippen molar-refractivity contribution in [3.8, 4) is 0 Å². The van der Waals surface area contributed by atoms with Crippen molar-refractivity contribution < 1.29 is 24.5 Å². The monoisotopic (exact) mass is 340 g/mol. The van der Waals surface area contributed by atoms with Crippen molar-refractivity contribution >= 4 is 11.4 Å². The molecule has 2 atom stereocenters. The van der Waals surface area contributed by atoms with E-state index in [-0.39, 0.29) is 5.76 Å². The van der Waals surface area contributed by atoms with E-state index in [0.29, 0.717) is 16.7 Å². The number of benzene rings is 2. The molecule has 0 spiro atoms. The first-order valence-electron chi connectivity index (χ1n) is 7.89. The standard InChI is InChI=1S/C20H20O5/c1-24-17-16(14-9-5-3-6-10-14)19(13-21,25-2)20(23,18(17)22)15-11-7-4-8-12-15/h3-12,21,23H,13H2,1-2H3/t19-,20-/m1/s1. The van der Waals surface area contributed by atoms with Crippen LogP contribution in [0.1, 0.15) is 11.1 Å². The second-order valence-corrected chi connectivity index (χ2v) is 5.87. The molecule has 0 fully saturated rings. The van der Waals surface area contributed by atoms with E-state index in [1.165, 1.54) is 14.2 Å². The first-order chi connectivity index (χ1) is 12.1. The summed E-state index contributed by atoms with van der Waals surface area (Å²) in [5.74, 6) is -0.663. The molecule has 25 heavy (non-hydrogen) atoms. The highest BCUT2D eigenvalue weighted by Gasteiger charge is 2.66. The van der Waals surface area contributed by atoms with Crippen LogP contribution in [0, 0.1) is 0 Å². The summed E-state index contributed by atoms with van der Waals surface area (Å²) in [6.07, 6.45) is 0. The lowest BCUT2D eigenvalue weighted by Crippen LogP contribution is -2.56. The highest BCUT2D eigenvalue weighted by molar-refractivity contribution is 6.14. The number of carbonyl (C=O) groups excluding carboxylic acids is 1. The number of aliphatic hydroxyl groups excluding tert-OH is 1. The summed E-state index contributed by atoms with van der Waals surface area (Å²) in [6, 6.07) is 17.5. The Balaban J connectivity index is 2.34. The zero-order valence-electron chi connectivity index (χ0n) is 14.1. The second-order valence-electron chi connectivity index (χ2n) is 5.87. The molecule has 2 aromatic rings. The lowest BCUT2D eigenvalue weighted by atomic mass is 9.75. The number of hydrogen-bond acceptors (Lipinski definition) is 5. The van der Waals surface area contributed by atoms with Crippen molar-refractivity contribution in [1.29, 1.82) is 0 Å². The smallest absolute Gasteiger partial charge is 0.237 e. The number of rotatable bonds is 5. The van der Waals surface area contributed by atoms with Gasteiger partial charge in [0.05, 0.1) is 13.7 Å². The van der Waals surface area contributed by atoms with Crippen molar-refractivity contribution in [2.75, 3.05) is 20.8 Å². The Labute approximate surface area is 146 Å². The topological polar surface area (TPSA) is 76.0 Å². The van der Waals surface area contributed by atoms with Crippen molar-refractivity contribution in [3.05, 3.63) is 77.5 Å². The average molecular weight is 340 g/mol. The molecule has 1 aliphatic rings. The van der Waals surface area contributed by atoms with Crippen molar-refractivity contribution in [3.63, 3.8) is 0 Å². The minimum atomic E-state index is -2.10. The maximum atomic E-state index is 13.2. The Bertz CT molecular complexity index is 793. The van der Waals surface area contributed by atoms with Crippen molar-refractivity contribution in [2.24, 2.45) is 0 Å². The maximum absolute atomic E-state index is 13.2. The third-order valence-electron chi connectivity index (χ3n) is 4.78. The Kier molecular flexibility index (Phi) is 4.47. The molecule has 2 N–H and O–H groups in total. The molecular weight excluding hydrogens is 320 g/mol. The zero-order chi connectivity index (χ0) is 18.1.